The van der Waals surface area contributed by atoms with Crippen LogP contribution in [0.1, 0.15) is 25.8 Å². The van der Waals surface area contributed by atoms with Crippen LogP contribution >= 0.6 is 15.9 Å². The minimum atomic E-state index is -3.72. The van der Waals surface area contributed by atoms with Crippen molar-refractivity contribution in [2.45, 2.75) is 38.1 Å². The minimum Gasteiger partial charge on any atom is -0.355 e. The van der Waals surface area contributed by atoms with E-state index in [0.717, 1.165) is 6.42 Å². The molecule has 1 amide bonds. The average molecular weight is 363 g/mol. The summed E-state index contributed by atoms with van der Waals surface area (Å²) in [5.74, 6) is -0.330. The molecule has 20 heavy (non-hydrogen) atoms. The maximum Gasteiger partial charge on any atom is 0.241 e. The van der Waals surface area contributed by atoms with Crippen LogP contribution in [-0.2, 0) is 14.8 Å². The Morgan fingerprint density at radius 2 is 2.05 bits per heavy atom. The number of hydrogen-bond donors (Lipinski definition) is 2. The molecule has 1 rings (SSSR count). The largest absolute Gasteiger partial charge is 0.355 e. The van der Waals surface area contributed by atoms with Crippen molar-refractivity contribution in [2.75, 3.05) is 6.54 Å². The van der Waals surface area contributed by atoms with E-state index in [9.17, 15) is 13.2 Å². The fourth-order valence-corrected chi connectivity index (χ4v) is 3.60. The van der Waals surface area contributed by atoms with E-state index in [-0.39, 0.29) is 10.8 Å². The first-order chi connectivity index (χ1) is 9.27. The average Bonchev–Trinajstić information content (AvgIpc) is 2.38. The molecule has 0 aliphatic heterocycles. The van der Waals surface area contributed by atoms with Crippen molar-refractivity contribution in [2.24, 2.45) is 0 Å². The van der Waals surface area contributed by atoms with E-state index in [1.54, 1.807) is 19.1 Å². The lowest BCUT2D eigenvalue weighted by molar-refractivity contribution is -0.122. The Morgan fingerprint density at radius 3 is 2.65 bits per heavy atom. The molecule has 0 spiro atoms. The molecule has 0 radical (unpaired) electrons. The molecule has 1 aromatic rings. The lowest BCUT2D eigenvalue weighted by atomic mass is 10.2. The van der Waals surface area contributed by atoms with Crippen molar-refractivity contribution >= 4 is 31.9 Å². The van der Waals surface area contributed by atoms with Gasteiger partial charge in [-0.05, 0) is 38.0 Å². The summed E-state index contributed by atoms with van der Waals surface area (Å²) in [7, 11) is -3.72. The third-order valence-corrected chi connectivity index (χ3v) is 4.89. The number of hydrogen-bond acceptors (Lipinski definition) is 3. The molecule has 0 saturated heterocycles. The standard InChI is InChI=1S/C13H19BrN2O3S/c1-4-7-15-13(17)10(3)16-20(18,19)12-8-11(14)6-5-9(12)2/h5-6,8,10,16H,4,7H2,1-3H3,(H,15,17). The second kappa shape index (κ2) is 7.19. The second-order valence-corrected chi connectivity index (χ2v) is 7.14. The Hall–Kier alpha value is -0.920. The molecular formula is C13H19BrN2O3S. The summed E-state index contributed by atoms with van der Waals surface area (Å²) in [4.78, 5) is 11.9. The molecule has 2 N–H and O–H groups in total. The van der Waals surface area contributed by atoms with Crippen LogP contribution in [0.15, 0.2) is 27.6 Å². The van der Waals surface area contributed by atoms with Gasteiger partial charge in [-0.25, -0.2) is 8.42 Å². The summed E-state index contributed by atoms with van der Waals surface area (Å²) in [5, 5.41) is 2.66. The fraction of sp³-hybridized carbons (Fsp3) is 0.462. The van der Waals surface area contributed by atoms with Crippen LogP contribution in [0.3, 0.4) is 0 Å². The molecule has 0 aliphatic rings. The molecule has 7 heteroatoms. The van der Waals surface area contributed by atoms with Gasteiger partial charge in [0.05, 0.1) is 10.9 Å². The van der Waals surface area contributed by atoms with Gasteiger partial charge >= 0.3 is 0 Å². The molecule has 1 atom stereocenters. The van der Waals surface area contributed by atoms with Gasteiger partial charge in [-0.2, -0.15) is 4.72 Å². The number of benzene rings is 1. The third kappa shape index (κ3) is 4.57. The van der Waals surface area contributed by atoms with Gasteiger partial charge in [0, 0.05) is 11.0 Å². The Morgan fingerprint density at radius 1 is 1.40 bits per heavy atom. The van der Waals surface area contributed by atoms with Gasteiger partial charge in [0.25, 0.3) is 0 Å². The maximum atomic E-state index is 12.3. The van der Waals surface area contributed by atoms with Crippen molar-refractivity contribution in [3.05, 3.63) is 28.2 Å². The first-order valence-corrected chi connectivity index (χ1v) is 8.61. The first-order valence-electron chi connectivity index (χ1n) is 6.34. The first kappa shape index (κ1) is 17.1. The van der Waals surface area contributed by atoms with Gasteiger partial charge in [-0.15, -0.1) is 0 Å². The molecular weight excluding hydrogens is 344 g/mol. The van der Waals surface area contributed by atoms with Crippen LogP contribution < -0.4 is 10.0 Å². The van der Waals surface area contributed by atoms with Gasteiger partial charge in [0.2, 0.25) is 15.9 Å². The van der Waals surface area contributed by atoms with Crippen LogP contribution in [0.5, 0.6) is 0 Å². The zero-order valence-electron chi connectivity index (χ0n) is 11.7. The van der Waals surface area contributed by atoms with Crippen molar-refractivity contribution in [1.82, 2.24) is 10.0 Å². The number of rotatable bonds is 6. The summed E-state index contributed by atoms with van der Waals surface area (Å²) in [6.45, 7) is 5.69. The number of carbonyl (C=O) groups excluding carboxylic acids is 1. The van der Waals surface area contributed by atoms with E-state index in [2.05, 4.69) is 26.0 Å². The van der Waals surface area contributed by atoms with Gasteiger partial charge in [0.1, 0.15) is 0 Å². The van der Waals surface area contributed by atoms with Crippen molar-refractivity contribution in [1.29, 1.82) is 0 Å². The van der Waals surface area contributed by atoms with E-state index < -0.39 is 16.1 Å². The van der Waals surface area contributed by atoms with E-state index in [1.165, 1.54) is 13.0 Å². The molecule has 5 nitrogen and oxygen atoms in total. The smallest absolute Gasteiger partial charge is 0.241 e. The molecule has 1 unspecified atom stereocenters. The highest BCUT2D eigenvalue weighted by molar-refractivity contribution is 9.10. The Kier molecular flexibility index (Phi) is 6.16. The van der Waals surface area contributed by atoms with E-state index in [1.807, 2.05) is 6.92 Å². The Balaban J connectivity index is 2.89. The van der Waals surface area contributed by atoms with Gasteiger partial charge in [-0.3, -0.25) is 4.79 Å². The zero-order valence-corrected chi connectivity index (χ0v) is 14.1. The molecule has 0 saturated carbocycles. The number of amides is 1. The summed E-state index contributed by atoms with van der Waals surface area (Å²) < 4.78 is 27.6. The van der Waals surface area contributed by atoms with Crippen LogP contribution in [0, 0.1) is 6.92 Å². The number of sulfonamides is 1. The van der Waals surface area contributed by atoms with Gasteiger partial charge in [-0.1, -0.05) is 28.9 Å². The predicted octanol–water partition coefficient (Wildman–Crippen LogP) is 1.95. The van der Waals surface area contributed by atoms with E-state index in [0.29, 0.717) is 16.6 Å². The van der Waals surface area contributed by atoms with Crippen LogP contribution in [-0.4, -0.2) is 26.9 Å². The summed E-state index contributed by atoms with van der Waals surface area (Å²) >= 11 is 3.25. The van der Waals surface area contributed by atoms with E-state index >= 15 is 0 Å². The van der Waals surface area contributed by atoms with E-state index in [4.69, 9.17) is 0 Å². The summed E-state index contributed by atoms with van der Waals surface area (Å²) in [6.07, 6.45) is 0.802. The summed E-state index contributed by atoms with van der Waals surface area (Å²) in [6, 6.07) is 4.19. The number of halogens is 1. The Labute approximate surface area is 128 Å². The SMILES string of the molecule is CCCNC(=O)C(C)NS(=O)(=O)c1cc(Br)ccc1C. The van der Waals surface area contributed by atoms with Crippen molar-refractivity contribution in [3.8, 4) is 0 Å². The lowest BCUT2D eigenvalue weighted by Gasteiger charge is -2.15. The molecule has 112 valence electrons. The lowest BCUT2D eigenvalue weighted by Crippen LogP contribution is -2.45. The number of nitrogens with one attached hydrogen (secondary N) is 2. The minimum absolute atomic E-state index is 0.169. The van der Waals surface area contributed by atoms with Crippen molar-refractivity contribution < 1.29 is 13.2 Å². The molecule has 0 heterocycles. The second-order valence-electron chi connectivity index (χ2n) is 4.54. The van der Waals surface area contributed by atoms with Gasteiger partial charge in [0.15, 0.2) is 0 Å². The monoisotopic (exact) mass is 362 g/mol. The Bertz CT molecular complexity index is 587. The van der Waals surface area contributed by atoms with Gasteiger partial charge < -0.3 is 5.32 Å². The molecule has 0 aromatic heterocycles. The van der Waals surface area contributed by atoms with Crippen LogP contribution in [0.25, 0.3) is 0 Å². The highest BCUT2D eigenvalue weighted by Gasteiger charge is 2.23. The molecule has 1 aromatic carbocycles. The molecule has 0 fully saturated rings. The highest BCUT2D eigenvalue weighted by atomic mass is 79.9. The number of carbonyl (C=O) groups is 1. The maximum absolute atomic E-state index is 12.3. The zero-order chi connectivity index (χ0) is 15.3. The quantitative estimate of drug-likeness (QED) is 0.811. The third-order valence-electron chi connectivity index (χ3n) is 2.71. The number of aryl methyl sites for hydroxylation is 1. The summed E-state index contributed by atoms with van der Waals surface area (Å²) in [5.41, 5.74) is 0.627. The van der Waals surface area contributed by atoms with Crippen LogP contribution in [0.4, 0.5) is 0 Å². The fourth-order valence-electron chi connectivity index (χ4n) is 1.61. The normalized spacial score (nSPS) is 13.0. The predicted molar refractivity (Wildman–Crippen MR) is 82.0 cm³/mol. The van der Waals surface area contributed by atoms with Crippen molar-refractivity contribution in [3.63, 3.8) is 0 Å². The molecule has 0 aliphatic carbocycles. The van der Waals surface area contributed by atoms with Crippen LogP contribution in [0.2, 0.25) is 0 Å². The topological polar surface area (TPSA) is 75.3 Å². The highest BCUT2D eigenvalue weighted by Crippen LogP contribution is 2.20. The molecule has 0 bridgehead atoms.